The van der Waals surface area contributed by atoms with Crippen LogP contribution in [0.5, 0.6) is 0 Å². The van der Waals surface area contributed by atoms with Gasteiger partial charge in [0.15, 0.2) is 11.5 Å². The van der Waals surface area contributed by atoms with Gasteiger partial charge in [-0.2, -0.15) is 0 Å². The molecule has 1 amide bonds. The highest BCUT2D eigenvalue weighted by atomic mass is 16.1. The molecule has 0 bridgehead atoms. The molecule has 7 heteroatoms. The van der Waals surface area contributed by atoms with Crippen molar-refractivity contribution in [1.82, 2.24) is 14.4 Å². The summed E-state index contributed by atoms with van der Waals surface area (Å²) in [6.07, 6.45) is 5.62. The zero-order valence-corrected chi connectivity index (χ0v) is 9.47. The summed E-state index contributed by atoms with van der Waals surface area (Å²) in [5.74, 6) is 1.00. The largest absolute Gasteiger partial charge is 0.372 e. The molecule has 0 radical (unpaired) electrons. The van der Waals surface area contributed by atoms with Gasteiger partial charge in [0.2, 0.25) is 5.91 Å². The highest BCUT2D eigenvalue weighted by molar-refractivity contribution is 5.74. The Bertz CT molecular complexity index is 535. The smallest absolute Gasteiger partial charge is 0.219 e. The molecule has 2 heterocycles. The van der Waals surface area contributed by atoms with E-state index in [4.69, 9.17) is 5.73 Å². The third-order valence-corrected chi connectivity index (χ3v) is 2.29. The number of nitrogens with zero attached hydrogens (tertiary/aromatic N) is 3. The summed E-state index contributed by atoms with van der Waals surface area (Å²) in [6.45, 7) is 0.442. The number of nitrogens with two attached hydrogens (primary N) is 1. The van der Waals surface area contributed by atoms with Gasteiger partial charge in [-0.05, 0) is 0 Å². The molecule has 2 aromatic heterocycles. The quantitative estimate of drug-likeness (QED) is 0.679. The van der Waals surface area contributed by atoms with E-state index in [0.717, 1.165) is 5.82 Å². The number of primary amides is 1. The molecule has 2 aromatic rings. The predicted molar refractivity (Wildman–Crippen MR) is 64.8 cm³/mol. The summed E-state index contributed by atoms with van der Waals surface area (Å²) in [7, 11) is 1.79. The van der Waals surface area contributed by atoms with Crippen LogP contribution in [0.2, 0.25) is 0 Å². The number of fused-ring (bicyclic) bond motifs is 1. The third-order valence-electron chi connectivity index (χ3n) is 2.29. The number of carbonyl (C=O) groups is 1. The lowest BCUT2D eigenvalue weighted by Crippen LogP contribution is -2.16. The number of hydrogen-bond acceptors (Lipinski definition) is 5. The van der Waals surface area contributed by atoms with E-state index in [-0.39, 0.29) is 12.3 Å². The normalized spacial score (nSPS) is 10.4. The second kappa shape index (κ2) is 4.69. The van der Waals surface area contributed by atoms with Crippen LogP contribution in [-0.4, -0.2) is 33.9 Å². The molecule has 0 saturated heterocycles. The fourth-order valence-electron chi connectivity index (χ4n) is 1.47. The van der Waals surface area contributed by atoms with Crippen molar-refractivity contribution in [3.63, 3.8) is 0 Å². The highest BCUT2D eigenvalue weighted by Gasteiger charge is 2.06. The molecule has 17 heavy (non-hydrogen) atoms. The Morgan fingerprint density at radius 2 is 2.41 bits per heavy atom. The Kier molecular flexibility index (Phi) is 3.08. The van der Waals surface area contributed by atoms with Crippen molar-refractivity contribution in [3.05, 3.63) is 18.6 Å². The Hall–Kier alpha value is -2.31. The number of rotatable bonds is 5. The summed E-state index contributed by atoms with van der Waals surface area (Å²) < 4.78 is 1.85. The van der Waals surface area contributed by atoms with E-state index in [1.165, 1.54) is 0 Å². The van der Waals surface area contributed by atoms with E-state index in [9.17, 15) is 4.79 Å². The number of carbonyl (C=O) groups excluding carboxylic acids is 1. The molecule has 2 rings (SSSR count). The molecule has 90 valence electrons. The maximum atomic E-state index is 10.7. The Balaban J connectivity index is 2.24. The number of aromatic nitrogens is 3. The van der Waals surface area contributed by atoms with Crippen molar-refractivity contribution in [3.8, 4) is 0 Å². The van der Waals surface area contributed by atoms with Crippen molar-refractivity contribution in [2.45, 2.75) is 6.42 Å². The van der Waals surface area contributed by atoms with Crippen molar-refractivity contribution >= 4 is 23.2 Å². The van der Waals surface area contributed by atoms with Crippen LogP contribution in [0.3, 0.4) is 0 Å². The van der Waals surface area contributed by atoms with Crippen molar-refractivity contribution < 1.29 is 4.79 Å². The van der Waals surface area contributed by atoms with E-state index in [2.05, 4.69) is 20.6 Å². The lowest BCUT2D eigenvalue weighted by Gasteiger charge is -2.08. The Morgan fingerprint density at radius 3 is 3.12 bits per heavy atom. The summed E-state index contributed by atoms with van der Waals surface area (Å²) in [5.41, 5.74) is 5.79. The predicted octanol–water partition coefficient (Wildman–Crippen LogP) is 0.0583. The van der Waals surface area contributed by atoms with Gasteiger partial charge in [-0.1, -0.05) is 0 Å². The SMILES string of the molecule is CNc1cn2ccnc2c(NCCC(N)=O)n1. The second-order valence-corrected chi connectivity index (χ2v) is 3.53. The van der Waals surface area contributed by atoms with E-state index in [1.807, 2.05) is 16.8 Å². The topological polar surface area (TPSA) is 97.3 Å². The van der Waals surface area contributed by atoms with E-state index in [0.29, 0.717) is 18.0 Å². The van der Waals surface area contributed by atoms with Crippen LogP contribution in [0, 0.1) is 0 Å². The monoisotopic (exact) mass is 234 g/mol. The minimum Gasteiger partial charge on any atom is -0.372 e. The number of nitrogens with one attached hydrogen (secondary N) is 2. The average Bonchev–Trinajstić information content (AvgIpc) is 2.76. The Labute approximate surface area is 98.0 Å². The number of hydrogen-bond donors (Lipinski definition) is 3. The first-order valence-electron chi connectivity index (χ1n) is 5.24. The standard InChI is InChI=1S/C10H14N6O/c1-12-8-6-16-5-4-14-10(16)9(15-8)13-3-2-7(11)17/h4-6,12H,2-3H2,1H3,(H2,11,17)(H,13,15). The van der Waals surface area contributed by atoms with Crippen LogP contribution in [0.4, 0.5) is 11.6 Å². The fraction of sp³-hybridized carbons (Fsp3) is 0.300. The molecule has 0 aliphatic carbocycles. The fourth-order valence-corrected chi connectivity index (χ4v) is 1.47. The zero-order chi connectivity index (χ0) is 12.3. The molecule has 0 aliphatic rings. The summed E-state index contributed by atoms with van der Waals surface area (Å²) in [4.78, 5) is 19.2. The van der Waals surface area contributed by atoms with Gasteiger partial charge < -0.3 is 20.8 Å². The third kappa shape index (κ3) is 2.44. The second-order valence-electron chi connectivity index (χ2n) is 3.53. The van der Waals surface area contributed by atoms with Crippen molar-refractivity contribution in [1.29, 1.82) is 0 Å². The molecule has 0 aromatic carbocycles. The van der Waals surface area contributed by atoms with Gasteiger partial charge in [0.05, 0.1) is 6.20 Å². The van der Waals surface area contributed by atoms with Crippen LogP contribution in [0.1, 0.15) is 6.42 Å². The molecule has 0 saturated carbocycles. The lowest BCUT2D eigenvalue weighted by atomic mass is 10.4. The van der Waals surface area contributed by atoms with Gasteiger partial charge in [-0.3, -0.25) is 4.79 Å². The number of imidazole rings is 1. The van der Waals surface area contributed by atoms with Gasteiger partial charge in [-0.15, -0.1) is 0 Å². The molecule has 4 N–H and O–H groups in total. The van der Waals surface area contributed by atoms with E-state index >= 15 is 0 Å². The number of anilines is 2. The van der Waals surface area contributed by atoms with Crippen molar-refractivity contribution in [2.24, 2.45) is 5.73 Å². The van der Waals surface area contributed by atoms with Crippen LogP contribution in [0.25, 0.3) is 5.65 Å². The number of amides is 1. The first-order valence-corrected chi connectivity index (χ1v) is 5.24. The van der Waals surface area contributed by atoms with E-state index < -0.39 is 0 Å². The van der Waals surface area contributed by atoms with Crippen LogP contribution < -0.4 is 16.4 Å². The maximum absolute atomic E-state index is 10.7. The highest BCUT2D eigenvalue weighted by Crippen LogP contribution is 2.15. The summed E-state index contributed by atoms with van der Waals surface area (Å²) in [5, 5.41) is 6.00. The minimum absolute atomic E-state index is 0.262. The molecular formula is C10H14N6O. The summed E-state index contributed by atoms with van der Waals surface area (Å²) >= 11 is 0. The average molecular weight is 234 g/mol. The Morgan fingerprint density at radius 1 is 1.59 bits per heavy atom. The molecule has 7 nitrogen and oxygen atoms in total. The maximum Gasteiger partial charge on any atom is 0.219 e. The molecular weight excluding hydrogens is 220 g/mol. The van der Waals surface area contributed by atoms with Gasteiger partial charge in [0, 0.05) is 32.4 Å². The van der Waals surface area contributed by atoms with Crippen LogP contribution >= 0.6 is 0 Å². The van der Waals surface area contributed by atoms with E-state index in [1.54, 1.807) is 13.2 Å². The lowest BCUT2D eigenvalue weighted by molar-refractivity contribution is -0.117. The van der Waals surface area contributed by atoms with Gasteiger partial charge in [0.1, 0.15) is 5.82 Å². The first kappa shape index (κ1) is 11.2. The molecule has 0 unspecified atom stereocenters. The summed E-state index contributed by atoms with van der Waals surface area (Å²) in [6, 6.07) is 0. The van der Waals surface area contributed by atoms with Crippen LogP contribution in [0.15, 0.2) is 18.6 Å². The van der Waals surface area contributed by atoms with Gasteiger partial charge >= 0.3 is 0 Å². The molecule has 0 aliphatic heterocycles. The van der Waals surface area contributed by atoms with Gasteiger partial charge in [0.25, 0.3) is 0 Å². The van der Waals surface area contributed by atoms with Crippen molar-refractivity contribution in [2.75, 3.05) is 24.2 Å². The molecule has 0 atom stereocenters. The molecule has 0 spiro atoms. The molecule has 0 fully saturated rings. The van der Waals surface area contributed by atoms with Crippen LogP contribution in [-0.2, 0) is 4.79 Å². The first-order chi connectivity index (χ1) is 8.20. The minimum atomic E-state index is -0.346. The zero-order valence-electron chi connectivity index (χ0n) is 9.47. The van der Waals surface area contributed by atoms with Gasteiger partial charge in [-0.25, -0.2) is 9.97 Å².